The van der Waals surface area contributed by atoms with Crippen LogP contribution in [0.3, 0.4) is 0 Å². The Morgan fingerprint density at radius 1 is 1.00 bits per heavy atom. The van der Waals surface area contributed by atoms with Gasteiger partial charge in [-0.05, 0) is 38.7 Å². The van der Waals surface area contributed by atoms with Crippen molar-refractivity contribution in [1.29, 1.82) is 0 Å². The van der Waals surface area contributed by atoms with Gasteiger partial charge in [0.15, 0.2) is 0 Å². The van der Waals surface area contributed by atoms with Crippen molar-refractivity contribution < 1.29 is 4.79 Å². The number of amides is 1. The molecule has 1 N–H and O–H groups in total. The van der Waals surface area contributed by atoms with Crippen LogP contribution in [0.2, 0.25) is 0 Å². The van der Waals surface area contributed by atoms with Gasteiger partial charge in [0.2, 0.25) is 5.91 Å². The number of hydrogen-bond donors (Lipinski definition) is 1. The molecule has 2 aromatic rings. The van der Waals surface area contributed by atoms with Crippen LogP contribution in [0.4, 0.5) is 5.82 Å². The van der Waals surface area contributed by atoms with E-state index in [0.717, 1.165) is 55.8 Å². The Kier molecular flexibility index (Phi) is 6.43. The maximum absolute atomic E-state index is 12.7. The first-order valence-electron chi connectivity index (χ1n) is 11.1. The minimum atomic E-state index is 0.132. The molecule has 2 heterocycles. The Labute approximate surface area is 173 Å². The molecular formula is C24H32N4O. The molecule has 1 saturated carbocycles. The number of piperidine rings is 1. The molecule has 1 saturated heterocycles. The van der Waals surface area contributed by atoms with E-state index in [4.69, 9.17) is 0 Å². The van der Waals surface area contributed by atoms with Crippen molar-refractivity contribution in [3.63, 3.8) is 0 Å². The molecule has 4 rings (SSSR count). The SMILES string of the molecule is Cc1cccc(-c2cc(N3CCC(C(=O)NC4CCCCCC4)CC3)ncn2)c1. The van der Waals surface area contributed by atoms with Crippen LogP contribution >= 0.6 is 0 Å². The van der Waals surface area contributed by atoms with Gasteiger partial charge in [-0.25, -0.2) is 9.97 Å². The zero-order valence-electron chi connectivity index (χ0n) is 17.4. The maximum atomic E-state index is 12.7. The van der Waals surface area contributed by atoms with Crippen LogP contribution < -0.4 is 10.2 Å². The van der Waals surface area contributed by atoms with E-state index >= 15 is 0 Å². The third kappa shape index (κ3) is 5.14. The normalized spacial score (nSPS) is 19.0. The van der Waals surface area contributed by atoms with E-state index in [9.17, 15) is 4.79 Å². The number of benzene rings is 1. The highest BCUT2D eigenvalue weighted by molar-refractivity contribution is 5.79. The van der Waals surface area contributed by atoms with E-state index in [1.54, 1.807) is 6.33 Å². The van der Waals surface area contributed by atoms with Crippen molar-refractivity contribution >= 4 is 11.7 Å². The number of anilines is 1. The van der Waals surface area contributed by atoms with E-state index < -0.39 is 0 Å². The van der Waals surface area contributed by atoms with Crippen molar-refractivity contribution in [3.8, 4) is 11.3 Å². The minimum Gasteiger partial charge on any atom is -0.356 e. The van der Waals surface area contributed by atoms with E-state index in [2.05, 4.69) is 57.4 Å². The summed E-state index contributed by atoms with van der Waals surface area (Å²) in [5, 5.41) is 3.34. The molecule has 1 aromatic heterocycles. The van der Waals surface area contributed by atoms with E-state index in [0.29, 0.717) is 6.04 Å². The second-order valence-electron chi connectivity index (χ2n) is 8.59. The third-order valence-corrected chi connectivity index (χ3v) is 6.36. The number of carbonyl (C=O) groups is 1. The average molecular weight is 393 g/mol. The van der Waals surface area contributed by atoms with Crippen molar-refractivity contribution in [2.24, 2.45) is 5.92 Å². The van der Waals surface area contributed by atoms with Crippen LogP contribution in [0.25, 0.3) is 11.3 Å². The van der Waals surface area contributed by atoms with Gasteiger partial charge in [-0.15, -0.1) is 0 Å². The monoisotopic (exact) mass is 392 g/mol. The summed E-state index contributed by atoms with van der Waals surface area (Å²) < 4.78 is 0. The molecule has 1 aliphatic carbocycles. The standard InChI is InChI=1S/C24H32N4O/c1-18-7-6-8-20(15-18)22-16-23(26-17-25-22)28-13-11-19(12-14-28)24(29)27-21-9-4-2-3-5-10-21/h6-8,15-17,19,21H,2-5,9-14H2,1H3,(H,27,29). The van der Waals surface area contributed by atoms with Crippen molar-refractivity contribution in [2.45, 2.75) is 64.3 Å². The summed E-state index contributed by atoms with van der Waals surface area (Å²) in [6, 6.07) is 10.9. The van der Waals surface area contributed by atoms with Gasteiger partial charge in [-0.1, -0.05) is 49.4 Å². The van der Waals surface area contributed by atoms with Gasteiger partial charge in [0.05, 0.1) is 5.69 Å². The molecule has 154 valence electrons. The summed E-state index contributed by atoms with van der Waals surface area (Å²) in [6.45, 7) is 3.83. The quantitative estimate of drug-likeness (QED) is 0.778. The summed E-state index contributed by atoms with van der Waals surface area (Å²) in [5.74, 6) is 1.35. The molecule has 1 aromatic carbocycles. The maximum Gasteiger partial charge on any atom is 0.223 e. The van der Waals surface area contributed by atoms with Crippen molar-refractivity contribution in [2.75, 3.05) is 18.0 Å². The lowest BCUT2D eigenvalue weighted by molar-refractivity contribution is -0.126. The Bertz CT molecular complexity index is 821. The summed E-state index contributed by atoms with van der Waals surface area (Å²) in [5.41, 5.74) is 3.29. The second-order valence-corrected chi connectivity index (χ2v) is 8.59. The highest BCUT2D eigenvalue weighted by Gasteiger charge is 2.27. The van der Waals surface area contributed by atoms with Gasteiger partial charge in [-0.2, -0.15) is 0 Å². The van der Waals surface area contributed by atoms with Crippen LogP contribution in [-0.2, 0) is 4.79 Å². The lowest BCUT2D eigenvalue weighted by Crippen LogP contribution is -2.44. The van der Waals surface area contributed by atoms with Crippen LogP contribution in [0, 0.1) is 12.8 Å². The minimum absolute atomic E-state index is 0.132. The number of nitrogens with zero attached hydrogens (tertiary/aromatic N) is 3. The van der Waals surface area contributed by atoms with Crippen LogP contribution in [0.1, 0.15) is 56.9 Å². The van der Waals surface area contributed by atoms with Gasteiger partial charge >= 0.3 is 0 Å². The highest BCUT2D eigenvalue weighted by Crippen LogP contribution is 2.26. The molecule has 0 unspecified atom stereocenters. The fourth-order valence-corrected chi connectivity index (χ4v) is 4.60. The van der Waals surface area contributed by atoms with Gasteiger partial charge in [-0.3, -0.25) is 4.79 Å². The fourth-order valence-electron chi connectivity index (χ4n) is 4.60. The highest BCUT2D eigenvalue weighted by atomic mass is 16.1. The van der Waals surface area contributed by atoms with Crippen molar-refractivity contribution in [3.05, 3.63) is 42.2 Å². The molecule has 29 heavy (non-hydrogen) atoms. The first kappa shape index (κ1) is 19.9. The van der Waals surface area contributed by atoms with Crippen LogP contribution in [-0.4, -0.2) is 35.0 Å². The molecule has 0 radical (unpaired) electrons. The number of hydrogen-bond acceptors (Lipinski definition) is 4. The van der Waals surface area contributed by atoms with E-state index in [1.165, 1.54) is 31.2 Å². The molecular weight excluding hydrogens is 360 g/mol. The van der Waals surface area contributed by atoms with Gasteiger partial charge in [0.1, 0.15) is 12.1 Å². The number of aryl methyl sites for hydroxylation is 1. The molecule has 0 bridgehead atoms. The number of carbonyl (C=O) groups excluding carboxylic acids is 1. The zero-order valence-corrected chi connectivity index (χ0v) is 17.4. The molecule has 0 spiro atoms. The van der Waals surface area contributed by atoms with Crippen LogP contribution in [0.15, 0.2) is 36.7 Å². The van der Waals surface area contributed by atoms with E-state index in [-0.39, 0.29) is 11.8 Å². The van der Waals surface area contributed by atoms with Gasteiger partial charge in [0.25, 0.3) is 0 Å². The lowest BCUT2D eigenvalue weighted by Gasteiger charge is -2.33. The topological polar surface area (TPSA) is 58.1 Å². The van der Waals surface area contributed by atoms with E-state index in [1.807, 2.05) is 0 Å². The molecule has 2 fully saturated rings. The predicted molar refractivity (Wildman–Crippen MR) is 117 cm³/mol. The zero-order chi connectivity index (χ0) is 20.1. The fraction of sp³-hybridized carbons (Fsp3) is 0.542. The molecule has 5 nitrogen and oxygen atoms in total. The summed E-state index contributed by atoms with van der Waals surface area (Å²) in [7, 11) is 0. The molecule has 1 amide bonds. The Morgan fingerprint density at radius 3 is 2.48 bits per heavy atom. The van der Waals surface area contributed by atoms with Gasteiger partial charge < -0.3 is 10.2 Å². The van der Waals surface area contributed by atoms with Crippen LogP contribution in [0.5, 0.6) is 0 Å². The van der Waals surface area contributed by atoms with Crippen molar-refractivity contribution in [1.82, 2.24) is 15.3 Å². The third-order valence-electron chi connectivity index (χ3n) is 6.36. The number of rotatable bonds is 4. The largest absolute Gasteiger partial charge is 0.356 e. The summed E-state index contributed by atoms with van der Waals surface area (Å²) in [6.07, 6.45) is 10.9. The number of aromatic nitrogens is 2. The Hall–Kier alpha value is -2.43. The summed E-state index contributed by atoms with van der Waals surface area (Å²) >= 11 is 0. The second kappa shape index (κ2) is 9.38. The first-order chi connectivity index (χ1) is 14.2. The molecule has 5 heteroatoms. The van der Waals surface area contributed by atoms with Gasteiger partial charge in [0, 0.05) is 36.7 Å². The number of nitrogens with one attached hydrogen (secondary N) is 1. The first-order valence-corrected chi connectivity index (χ1v) is 11.1. The summed E-state index contributed by atoms with van der Waals surface area (Å²) in [4.78, 5) is 24.0. The average Bonchev–Trinajstić information content (AvgIpc) is 3.03. The molecule has 2 aliphatic rings. The Morgan fingerprint density at radius 2 is 1.76 bits per heavy atom. The molecule has 1 aliphatic heterocycles. The predicted octanol–water partition coefficient (Wildman–Crippen LogP) is 4.51. The lowest BCUT2D eigenvalue weighted by atomic mass is 9.95. The smallest absolute Gasteiger partial charge is 0.223 e. The Balaban J connectivity index is 1.34. The molecule has 0 atom stereocenters.